The molecular formula is C13H23N3O. The molecule has 96 valence electrons. The van der Waals surface area contributed by atoms with Gasteiger partial charge in [-0.1, -0.05) is 6.92 Å². The summed E-state index contributed by atoms with van der Waals surface area (Å²) in [5, 5.41) is 3.45. The molecule has 0 fully saturated rings. The molecule has 0 saturated carbocycles. The van der Waals surface area contributed by atoms with Gasteiger partial charge in [-0.2, -0.15) is 0 Å². The molecule has 0 spiro atoms. The van der Waals surface area contributed by atoms with E-state index >= 15 is 0 Å². The zero-order valence-electron chi connectivity index (χ0n) is 10.8. The minimum Gasteiger partial charge on any atom is -0.398 e. The molecule has 0 saturated heterocycles. The number of nitrogens with zero attached hydrogens (tertiary/aromatic N) is 1. The number of nitrogen functional groups attached to an aromatic ring is 1. The highest BCUT2D eigenvalue weighted by Crippen LogP contribution is 2.12. The van der Waals surface area contributed by atoms with Crippen molar-refractivity contribution < 1.29 is 4.74 Å². The van der Waals surface area contributed by atoms with Gasteiger partial charge in [-0.3, -0.25) is 4.98 Å². The van der Waals surface area contributed by atoms with Crippen LogP contribution in [0.15, 0.2) is 18.5 Å². The quantitative estimate of drug-likeness (QED) is 0.674. The fourth-order valence-electron chi connectivity index (χ4n) is 1.81. The third-order valence-electron chi connectivity index (χ3n) is 2.72. The Labute approximate surface area is 104 Å². The number of aromatic nitrogens is 1. The predicted molar refractivity (Wildman–Crippen MR) is 70.9 cm³/mol. The summed E-state index contributed by atoms with van der Waals surface area (Å²) < 4.78 is 5.39. The monoisotopic (exact) mass is 237 g/mol. The molecule has 0 bridgehead atoms. The van der Waals surface area contributed by atoms with Crippen LogP contribution in [0.4, 0.5) is 5.69 Å². The number of anilines is 1. The van der Waals surface area contributed by atoms with Gasteiger partial charge in [0.15, 0.2) is 0 Å². The highest BCUT2D eigenvalue weighted by Gasteiger charge is 2.10. The Morgan fingerprint density at radius 2 is 2.29 bits per heavy atom. The van der Waals surface area contributed by atoms with Crippen molar-refractivity contribution in [3.63, 3.8) is 0 Å². The molecule has 1 aromatic heterocycles. The number of nitrogens with two attached hydrogens (primary N) is 1. The van der Waals surface area contributed by atoms with E-state index < -0.39 is 0 Å². The summed E-state index contributed by atoms with van der Waals surface area (Å²) in [7, 11) is 0. The van der Waals surface area contributed by atoms with Gasteiger partial charge in [-0.05, 0) is 37.9 Å². The number of hydrogen-bond donors (Lipinski definition) is 2. The van der Waals surface area contributed by atoms with Crippen molar-refractivity contribution in [1.82, 2.24) is 10.3 Å². The molecular weight excluding hydrogens is 214 g/mol. The summed E-state index contributed by atoms with van der Waals surface area (Å²) >= 11 is 0. The van der Waals surface area contributed by atoms with Crippen molar-refractivity contribution in [1.29, 1.82) is 0 Å². The molecule has 0 amide bonds. The van der Waals surface area contributed by atoms with Gasteiger partial charge in [-0.25, -0.2) is 0 Å². The molecule has 1 rings (SSSR count). The van der Waals surface area contributed by atoms with Crippen molar-refractivity contribution >= 4 is 5.69 Å². The van der Waals surface area contributed by atoms with Crippen LogP contribution in [-0.2, 0) is 11.2 Å². The van der Waals surface area contributed by atoms with Gasteiger partial charge < -0.3 is 15.8 Å². The number of hydrogen-bond acceptors (Lipinski definition) is 4. The first-order valence-corrected chi connectivity index (χ1v) is 6.27. The first-order chi connectivity index (χ1) is 8.27. The molecule has 1 heterocycles. The lowest BCUT2D eigenvalue weighted by atomic mass is 10.0. The molecule has 3 N–H and O–H groups in total. The molecule has 4 heteroatoms. The average Bonchev–Trinajstić information content (AvgIpc) is 2.32. The molecule has 1 unspecified atom stereocenters. The molecule has 0 radical (unpaired) electrons. The summed E-state index contributed by atoms with van der Waals surface area (Å²) in [6, 6.07) is 2.25. The molecule has 1 aromatic rings. The van der Waals surface area contributed by atoms with E-state index in [0.717, 1.165) is 43.9 Å². The predicted octanol–water partition coefficient (Wildman–Crippen LogP) is 1.61. The van der Waals surface area contributed by atoms with Gasteiger partial charge in [0, 0.05) is 37.3 Å². The van der Waals surface area contributed by atoms with E-state index in [1.807, 2.05) is 19.2 Å². The lowest BCUT2D eigenvalue weighted by Gasteiger charge is -2.18. The second-order valence-corrected chi connectivity index (χ2v) is 4.02. The molecule has 0 aliphatic rings. The van der Waals surface area contributed by atoms with Crippen LogP contribution in [0.5, 0.6) is 0 Å². The van der Waals surface area contributed by atoms with Gasteiger partial charge in [0.1, 0.15) is 0 Å². The lowest BCUT2D eigenvalue weighted by Crippen LogP contribution is -2.32. The van der Waals surface area contributed by atoms with E-state index in [9.17, 15) is 0 Å². The van der Waals surface area contributed by atoms with Gasteiger partial charge in [0.05, 0.1) is 0 Å². The van der Waals surface area contributed by atoms with Crippen LogP contribution in [0.1, 0.15) is 25.8 Å². The molecule has 0 aromatic carbocycles. The normalized spacial score (nSPS) is 12.6. The summed E-state index contributed by atoms with van der Waals surface area (Å²) in [5.74, 6) is 0. The third kappa shape index (κ3) is 5.15. The Morgan fingerprint density at radius 1 is 1.47 bits per heavy atom. The standard InChI is InChI=1S/C13H23N3O/c1-3-16-12(6-8-17-4-2)9-11-10-15-7-5-13(11)14/h5,7,10,12,16H,3-4,6,8-9H2,1-2H3,(H2,14,15). The zero-order chi connectivity index (χ0) is 12.5. The van der Waals surface area contributed by atoms with Crippen molar-refractivity contribution in [3.8, 4) is 0 Å². The van der Waals surface area contributed by atoms with E-state index in [1.165, 1.54) is 0 Å². The fraction of sp³-hybridized carbons (Fsp3) is 0.615. The Kier molecular flexibility index (Phi) is 6.58. The van der Waals surface area contributed by atoms with Crippen LogP contribution in [0, 0.1) is 0 Å². The lowest BCUT2D eigenvalue weighted by molar-refractivity contribution is 0.136. The van der Waals surface area contributed by atoms with Crippen LogP contribution in [0.25, 0.3) is 0 Å². The van der Waals surface area contributed by atoms with E-state index in [2.05, 4.69) is 17.2 Å². The topological polar surface area (TPSA) is 60.2 Å². The summed E-state index contributed by atoms with van der Waals surface area (Å²) in [5.41, 5.74) is 7.85. The van der Waals surface area contributed by atoms with Crippen molar-refractivity contribution in [3.05, 3.63) is 24.0 Å². The number of likely N-dealkylation sites (N-methyl/N-ethyl adjacent to an activating group) is 1. The van der Waals surface area contributed by atoms with Crippen LogP contribution in [0.3, 0.4) is 0 Å². The van der Waals surface area contributed by atoms with E-state index in [4.69, 9.17) is 10.5 Å². The third-order valence-corrected chi connectivity index (χ3v) is 2.72. The van der Waals surface area contributed by atoms with Crippen LogP contribution < -0.4 is 11.1 Å². The van der Waals surface area contributed by atoms with Crippen molar-refractivity contribution in [2.75, 3.05) is 25.5 Å². The minimum absolute atomic E-state index is 0.401. The number of ether oxygens (including phenoxy) is 1. The molecule has 0 aliphatic heterocycles. The number of rotatable bonds is 8. The minimum atomic E-state index is 0.401. The SMILES string of the molecule is CCNC(CCOCC)Cc1cnccc1N. The van der Waals surface area contributed by atoms with Crippen molar-refractivity contribution in [2.45, 2.75) is 32.7 Å². The number of pyridine rings is 1. The summed E-state index contributed by atoms with van der Waals surface area (Å²) in [4.78, 5) is 4.12. The zero-order valence-corrected chi connectivity index (χ0v) is 10.8. The smallest absolute Gasteiger partial charge is 0.0480 e. The highest BCUT2D eigenvalue weighted by atomic mass is 16.5. The summed E-state index contributed by atoms with van der Waals surface area (Å²) in [6.07, 6.45) is 5.47. The molecule has 0 aliphatic carbocycles. The maximum Gasteiger partial charge on any atom is 0.0480 e. The highest BCUT2D eigenvalue weighted by molar-refractivity contribution is 5.44. The van der Waals surface area contributed by atoms with Gasteiger partial charge in [0.2, 0.25) is 0 Å². The van der Waals surface area contributed by atoms with Crippen molar-refractivity contribution in [2.24, 2.45) is 0 Å². The Bertz CT molecular complexity index is 317. The van der Waals surface area contributed by atoms with Crippen LogP contribution in [-0.4, -0.2) is 30.8 Å². The molecule has 1 atom stereocenters. The Morgan fingerprint density at radius 3 is 2.94 bits per heavy atom. The van der Waals surface area contributed by atoms with E-state index in [0.29, 0.717) is 6.04 Å². The maximum atomic E-state index is 5.92. The second-order valence-electron chi connectivity index (χ2n) is 4.02. The number of nitrogens with one attached hydrogen (secondary N) is 1. The van der Waals surface area contributed by atoms with Gasteiger partial charge >= 0.3 is 0 Å². The first-order valence-electron chi connectivity index (χ1n) is 6.27. The largest absolute Gasteiger partial charge is 0.398 e. The molecule has 4 nitrogen and oxygen atoms in total. The maximum absolute atomic E-state index is 5.92. The first kappa shape index (κ1) is 13.9. The van der Waals surface area contributed by atoms with E-state index in [1.54, 1.807) is 6.20 Å². The molecule has 17 heavy (non-hydrogen) atoms. The van der Waals surface area contributed by atoms with Gasteiger partial charge in [-0.15, -0.1) is 0 Å². The van der Waals surface area contributed by atoms with E-state index in [-0.39, 0.29) is 0 Å². The average molecular weight is 237 g/mol. The second kappa shape index (κ2) is 8.03. The van der Waals surface area contributed by atoms with Crippen LogP contribution in [0.2, 0.25) is 0 Å². The fourth-order valence-corrected chi connectivity index (χ4v) is 1.81. The van der Waals surface area contributed by atoms with Gasteiger partial charge in [0.25, 0.3) is 0 Å². The Hall–Kier alpha value is -1.13. The summed E-state index contributed by atoms with van der Waals surface area (Å²) in [6.45, 7) is 6.64. The Balaban J connectivity index is 2.50. The van der Waals surface area contributed by atoms with Crippen LogP contribution >= 0.6 is 0 Å².